The Balaban J connectivity index is 2.55. The van der Waals surface area contributed by atoms with Crippen molar-refractivity contribution in [2.75, 3.05) is 12.8 Å². The number of esters is 1. The van der Waals surface area contributed by atoms with Crippen molar-refractivity contribution in [2.45, 2.75) is 0 Å². The van der Waals surface area contributed by atoms with Crippen LogP contribution in [0.5, 0.6) is 0 Å². The lowest BCUT2D eigenvalue weighted by Gasteiger charge is -1.96. The second-order valence-corrected chi connectivity index (χ2v) is 6.49. The predicted molar refractivity (Wildman–Crippen MR) is 73.9 cm³/mol. The molecule has 0 saturated carbocycles. The van der Waals surface area contributed by atoms with Gasteiger partial charge in [-0.25, -0.2) is 9.78 Å². The molecule has 0 saturated heterocycles. The lowest BCUT2D eigenvalue weighted by molar-refractivity contribution is 0.0596. The summed E-state index contributed by atoms with van der Waals surface area (Å²) in [4.78, 5) is 17.0. The first-order valence-corrected chi connectivity index (χ1v) is 7.13. The molecule has 2 aromatic heterocycles. The number of thiazole rings is 1. The first-order valence-electron chi connectivity index (χ1n) is 4.32. The molecule has 0 spiro atoms. The molecule has 0 fully saturated rings. The van der Waals surface area contributed by atoms with Gasteiger partial charge < -0.3 is 10.5 Å². The van der Waals surface area contributed by atoms with Crippen molar-refractivity contribution < 1.29 is 9.53 Å². The number of carbonyl (C=O) groups excluding carboxylic acids is 1. The van der Waals surface area contributed by atoms with E-state index in [-0.39, 0.29) is 5.69 Å². The Morgan fingerprint density at radius 2 is 2.29 bits per heavy atom. The maximum Gasteiger partial charge on any atom is 0.358 e. The molecule has 2 N–H and O–H groups in total. The number of thiophene rings is 1. The normalized spacial score (nSPS) is 10.5. The highest BCUT2D eigenvalue weighted by molar-refractivity contribution is 9.10. The zero-order valence-electron chi connectivity index (χ0n) is 8.49. The minimum absolute atomic E-state index is 0.223. The average molecular weight is 354 g/mol. The molecule has 2 heterocycles. The van der Waals surface area contributed by atoms with Crippen LogP contribution in [0.4, 0.5) is 5.13 Å². The van der Waals surface area contributed by atoms with Gasteiger partial charge in [0, 0.05) is 9.35 Å². The van der Waals surface area contributed by atoms with E-state index in [2.05, 4.69) is 25.7 Å². The molecule has 8 heteroatoms. The van der Waals surface area contributed by atoms with E-state index in [0.717, 1.165) is 9.35 Å². The fourth-order valence-corrected chi connectivity index (χ4v) is 3.82. The summed E-state index contributed by atoms with van der Waals surface area (Å²) in [6.07, 6.45) is 0. The third-order valence-corrected chi connectivity index (χ3v) is 5.43. The van der Waals surface area contributed by atoms with E-state index in [4.69, 9.17) is 17.3 Å². The van der Waals surface area contributed by atoms with Crippen LogP contribution in [0.1, 0.15) is 10.5 Å². The van der Waals surface area contributed by atoms with E-state index < -0.39 is 5.97 Å². The van der Waals surface area contributed by atoms with Crippen molar-refractivity contribution in [3.8, 4) is 9.75 Å². The van der Waals surface area contributed by atoms with Gasteiger partial charge >= 0.3 is 5.97 Å². The molecule has 0 bridgehead atoms. The van der Waals surface area contributed by atoms with Crippen LogP contribution in [0, 0.1) is 0 Å². The van der Waals surface area contributed by atoms with Crippen molar-refractivity contribution in [2.24, 2.45) is 0 Å². The molecule has 0 amide bonds. The van der Waals surface area contributed by atoms with Gasteiger partial charge in [0.1, 0.15) is 4.34 Å². The molecular formula is C9H6BrClN2O2S2. The van der Waals surface area contributed by atoms with Crippen LogP contribution in [0.2, 0.25) is 4.34 Å². The van der Waals surface area contributed by atoms with Gasteiger partial charge in [0.2, 0.25) is 0 Å². The number of methoxy groups -OCH3 is 1. The fourth-order valence-electron chi connectivity index (χ4n) is 1.20. The number of aromatic nitrogens is 1. The number of hydrogen-bond acceptors (Lipinski definition) is 6. The molecule has 0 aliphatic carbocycles. The summed E-state index contributed by atoms with van der Waals surface area (Å²) in [5, 5.41) is 0.320. The minimum Gasteiger partial charge on any atom is -0.464 e. The molecule has 90 valence electrons. The quantitative estimate of drug-likeness (QED) is 0.837. The van der Waals surface area contributed by atoms with Gasteiger partial charge in [-0.1, -0.05) is 22.9 Å². The van der Waals surface area contributed by atoms with Gasteiger partial charge in [0.25, 0.3) is 0 Å². The highest BCUT2D eigenvalue weighted by Crippen LogP contribution is 2.42. The molecular weight excluding hydrogens is 348 g/mol. The first-order chi connectivity index (χ1) is 8.02. The predicted octanol–water partition coefficient (Wildman–Crippen LogP) is 3.66. The Hall–Kier alpha value is -0.630. The lowest BCUT2D eigenvalue weighted by Crippen LogP contribution is -2.03. The van der Waals surface area contributed by atoms with Crippen LogP contribution in [0.3, 0.4) is 0 Å². The van der Waals surface area contributed by atoms with Gasteiger partial charge in [-0.15, -0.1) is 11.3 Å². The standard InChI is InChI=1S/C9H6BrClN2O2S2/c1-15-8(14)5-6(17-9(12)13-5)4-2-3(10)7(11)16-4/h2H,1H3,(H2,12,13). The van der Waals surface area contributed by atoms with Crippen LogP contribution in [-0.2, 0) is 4.74 Å². The maximum absolute atomic E-state index is 11.5. The molecule has 4 nitrogen and oxygen atoms in total. The molecule has 2 aromatic rings. The molecule has 0 aromatic carbocycles. The van der Waals surface area contributed by atoms with E-state index in [1.807, 2.05) is 6.07 Å². The number of halogens is 2. The summed E-state index contributed by atoms with van der Waals surface area (Å²) in [5.41, 5.74) is 5.84. The van der Waals surface area contributed by atoms with Crippen LogP contribution < -0.4 is 5.73 Å². The van der Waals surface area contributed by atoms with Crippen molar-refractivity contribution in [1.29, 1.82) is 0 Å². The van der Waals surface area contributed by atoms with Gasteiger partial charge in [0.05, 0.1) is 12.0 Å². The van der Waals surface area contributed by atoms with E-state index in [9.17, 15) is 4.79 Å². The van der Waals surface area contributed by atoms with Gasteiger partial charge in [0.15, 0.2) is 10.8 Å². The van der Waals surface area contributed by atoms with Crippen molar-refractivity contribution in [3.63, 3.8) is 0 Å². The van der Waals surface area contributed by atoms with Crippen LogP contribution in [0.25, 0.3) is 9.75 Å². The highest BCUT2D eigenvalue weighted by Gasteiger charge is 2.21. The molecule has 0 atom stereocenters. The number of nitrogens with two attached hydrogens (primary N) is 1. The summed E-state index contributed by atoms with van der Waals surface area (Å²) >= 11 is 11.9. The Labute approximate surface area is 119 Å². The lowest BCUT2D eigenvalue weighted by atomic mass is 10.3. The van der Waals surface area contributed by atoms with E-state index in [0.29, 0.717) is 14.3 Å². The minimum atomic E-state index is -0.506. The van der Waals surface area contributed by atoms with E-state index >= 15 is 0 Å². The maximum atomic E-state index is 11.5. The number of nitrogen functional groups attached to an aromatic ring is 1. The van der Waals surface area contributed by atoms with E-state index in [1.54, 1.807) is 0 Å². The smallest absolute Gasteiger partial charge is 0.358 e. The fraction of sp³-hybridized carbons (Fsp3) is 0.111. The summed E-state index contributed by atoms with van der Waals surface area (Å²) in [5.74, 6) is -0.506. The zero-order valence-corrected chi connectivity index (χ0v) is 12.5. The second kappa shape index (κ2) is 4.93. The average Bonchev–Trinajstić information content (AvgIpc) is 2.82. The first kappa shape index (κ1) is 12.8. The number of anilines is 1. The Morgan fingerprint density at radius 1 is 1.59 bits per heavy atom. The van der Waals surface area contributed by atoms with Gasteiger partial charge in [-0.2, -0.15) is 0 Å². The van der Waals surface area contributed by atoms with Crippen LogP contribution in [0.15, 0.2) is 10.5 Å². The van der Waals surface area contributed by atoms with Crippen LogP contribution in [-0.4, -0.2) is 18.1 Å². The SMILES string of the molecule is COC(=O)c1nc(N)sc1-c1cc(Br)c(Cl)s1. The molecule has 0 radical (unpaired) electrons. The Bertz CT molecular complexity index is 562. The van der Waals surface area contributed by atoms with Gasteiger partial charge in [-0.3, -0.25) is 0 Å². The summed E-state index contributed by atoms with van der Waals surface area (Å²) < 4.78 is 6.05. The van der Waals surface area contributed by atoms with E-state index in [1.165, 1.54) is 29.8 Å². The summed E-state index contributed by atoms with van der Waals surface area (Å²) in [6.45, 7) is 0. The van der Waals surface area contributed by atoms with Gasteiger partial charge in [-0.05, 0) is 22.0 Å². The number of hydrogen-bond donors (Lipinski definition) is 1. The number of ether oxygens (including phenoxy) is 1. The molecule has 0 unspecified atom stereocenters. The molecule has 0 aliphatic heterocycles. The van der Waals surface area contributed by atoms with Crippen molar-refractivity contribution in [1.82, 2.24) is 4.98 Å². The zero-order chi connectivity index (χ0) is 12.6. The number of nitrogens with zero attached hydrogens (tertiary/aromatic N) is 1. The molecule has 0 aliphatic rings. The second-order valence-electron chi connectivity index (χ2n) is 2.95. The van der Waals surface area contributed by atoms with Crippen LogP contribution >= 0.6 is 50.2 Å². The molecule has 17 heavy (non-hydrogen) atoms. The summed E-state index contributed by atoms with van der Waals surface area (Å²) in [7, 11) is 1.30. The topological polar surface area (TPSA) is 65.2 Å². The Morgan fingerprint density at radius 3 is 2.82 bits per heavy atom. The van der Waals surface area contributed by atoms with Crippen molar-refractivity contribution >= 4 is 61.3 Å². The third kappa shape index (κ3) is 2.47. The Kier molecular flexibility index (Phi) is 3.72. The van der Waals surface area contributed by atoms with Crippen molar-refractivity contribution in [3.05, 3.63) is 20.6 Å². The number of rotatable bonds is 2. The molecule has 2 rings (SSSR count). The third-order valence-electron chi connectivity index (χ3n) is 1.89. The highest BCUT2D eigenvalue weighted by atomic mass is 79.9. The number of carbonyl (C=O) groups is 1. The largest absolute Gasteiger partial charge is 0.464 e. The summed E-state index contributed by atoms with van der Waals surface area (Å²) in [6, 6.07) is 1.83. The monoisotopic (exact) mass is 352 g/mol.